The molecule has 0 aliphatic rings. The number of aryl methyl sites for hydroxylation is 1. The molecule has 2 aromatic heterocycles. The molecule has 3 aromatic carbocycles. The summed E-state index contributed by atoms with van der Waals surface area (Å²) in [6.07, 6.45) is 1.76. The van der Waals surface area contributed by atoms with Crippen molar-refractivity contribution < 1.29 is 8.81 Å². The fourth-order valence-electron chi connectivity index (χ4n) is 4.20. The lowest BCUT2D eigenvalue weighted by Crippen LogP contribution is -1.97. The van der Waals surface area contributed by atoms with Gasteiger partial charge in [-0.25, -0.2) is 4.39 Å². The maximum Gasteiger partial charge on any atom is 0.144 e. The molecule has 0 saturated carbocycles. The van der Waals surface area contributed by atoms with Crippen LogP contribution in [-0.2, 0) is 0 Å². The summed E-state index contributed by atoms with van der Waals surface area (Å²) in [4.78, 5) is 4.69. The number of rotatable bonds is 2. The molecule has 5 rings (SSSR count). The van der Waals surface area contributed by atoms with E-state index in [-0.39, 0.29) is 11.7 Å². The number of hydrogen-bond acceptors (Lipinski definition) is 2. The summed E-state index contributed by atoms with van der Waals surface area (Å²) < 4.78 is 20.8. The van der Waals surface area contributed by atoms with Crippen molar-refractivity contribution in [1.29, 1.82) is 0 Å². The zero-order valence-corrected chi connectivity index (χ0v) is 16.1. The first-order valence-corrected chi connectivity index (χ1v) is 9.54. The molecule has 5 aromatic rings. The molecule has 0 amide bonds. The van der Waals surface area contributed by atoms with Crippen LogP contribution in [-0.4, -0.2) is 4.98 Å². The third kappa shape index (κ3) is 2.43. The predicted molar refractivity (Wildman–Crippen MR) is 113 cm³/mol. The highest BCUT2D eigenvalue weighted by atomic mass is 19.1. The highest BCUT2D eigenvalue weighted by molar-refractivity contribution is 6.12. The third-order valence-electron chi connectivity index (χ3n) is 5.39. The minimum absolute atomic E-state index is 0.0858. The molecule has 3 heteroatoms. The normalized spacial score (nSPS) is 11.9. The quantitative estimate of drug-likeness (QED) is 0.324. The molecule has 28 heavy (non-hydrogen) atoms. The number of furan rings is 1. The smallest absolute Gasteiger partial charge is 0.144 e. The van der Waals surface area contributed by atoms with Crippen molar-refractivity contribution in [2.75, 3.05) is 0 Å². The first-order valence-electron chi connectivity index (χ1n) is 9.54. The summed E-state index contributed by atoms with van der Waals surface area (Å²) in [6, 6.07) is 17.6. The standard InChI is InChI=1S/C25H20FNO/c1-14(2)23-17-10-11-27-24(18(17)8-9-21(23)26)20-13-15(3)12-19-16-6-4-5-7-22(16)28-25(19)20/h4-14H,1-3H3. The Balaban J connectivity index is 1.91. The predicted octanol–water partition coefficient (Wildman–Crippen LogP) is 7.37. The Morgan fingerprint density at radius 1 is 0.893 bits per heavy atom. The van der Waals surface area contributed by atoms with Crippen LogP contribution in [0.15, 0.2) is 65.2 Å². The van der Waals surface area contributed by atoms with Crippen molar-refractivity contribution in [3.8, 4) is 11.3 Å². The number of para-hydroxylation sites is 1. The second-order valence-corrected chi connectivity index (χ2v) is 7.66. The molecule has 0 spiro atoms. The van der Waals surface area contributed by atoms with Crippen molar-refractivity contribution in [2.45, 2.75) is 26.7 Å². The van der Waals surface area contributed by atoms with Gasteiger partial charge in [-0.15, -0.1) is 0 Å². The molecule has 0 saturated heterocycles. The van der Waals surface area contributed by atoms with Crippen molar-refractivity contribution in [3.63, 3.8) is 0 Å². The first-order chi connectivity index (χ1) is 13.5. The SMILES string of the molecule is Cc1cc(-c2nccc3c(C(C)C)c(F)ccc23)c2oc3ccccc3c2c1. The summed E-state index contributed by atoms with van der Waals surface area (Å²) >= 11 is 0. The molecule has 0 unspecified atom stereocenters. The van der Waals surface area contributed by atoms with Crippen LogP contribution in [0.5, 0.6) is 0 Å². The lowest BCUT2D eigenvalue weighted by Gasteiger charge is -2.14. The number of hydrogen-bond donors (Lipinski definition) is 0. The van der Waals surface area contributed by atoms with E-state index in [2.05, 4.69) is 30.1 Å². The van der Waals surface area contributed by atoms with E-state index in [4.69, 9.17) is 4.42 Å². The number of aromatic nitrogens is 1. The molecule has 0 bridgehead atoms. The molecular formula is C25H20FNO. The molecule has 0 radical (unpaired) electrons. The molecule has 138 valence electrons. The van der Waals surface area contributed by atoms with Crippen LogP contribution in [0, 0.1) is 12.7 Å². The van der Waals surface area contributed by atoms with E-state index in [1.165, 1.54) is 0 Å². The second-order valence-electron chi connectivity index (χ2n) is 7.66. The molecule has 2 nitrogen and oxygen atoms in total. The Kier molecular flexibility index (Phi) is 3.73. The number of benzene rings is 3. The summed E-state index contributed by atoms with van der Waals surface area (Å²) in [6.45, 7) is 6.11. The lowest BCUT2D eigenvalue weighted by atomic mass is 9.93. The van der Waals surface area contributed by atoms with E-state index in [0.717, 1.165) is 55.1 Å². The van der Waals surface area contributed by atoms with Gasteiger partial charge in [-0.2, -0.15) is 0 Å². The largest absolute Gasteiger partial charge is 0.455 e. The lowest BCUT2D eigenvalue weighted by molar-refractivity contribution is 0.602. The molecule has 0 N–H and O–H groups in total. The van der Waals surface area contributed by atoms with E-state index in [1.807, 2.05) is 44.2 Å². The van der Waals surface area contributed by atoms with Crippen LogP contribution >= 0.6 is 0 Å². The summed E-state index contributed by atoms with van der Waals surface area (Å²) in [5.41, 5.74) is 5.32. The van der Waals surface area contributed by atoms with Crippen molar-refractivity contribution in [2.24, 2.45) is 0 Å². The number of fused-ring (bicyclic) bond motifs is 4. The van der Waals surface area contributed by atoms with E-state index < -0.39 is 0 Å². The zero-order valence-electron chi connectivity index (χ0n) is 16.1. The van der Waals surface area contributed by atoms with Gasteiger partial charge in [-0.1, -0.05) is 32.0 Å². The fraction of sp³-hybridized carbons (Fsp3) is 0.160. The van der Waals surface area contributed by atoms with Crippen molar-refractivity contribution in [3.05, 3.63) is 77.7 Å². The Morgan fingerprint density at radius 3 is 2.54 bits per heavy atom. The fourth-order valence-corrected chi connectivity index (χ4v) is 4.20. The summed E-state index contributed by atoms with van der Waals surface area (Å²) in [5.74, 6) is -0.0829. The minimum Gasteiger partial charge on any atom is -0.455 e. The van der Waals surface area contributed by atoms with Gasteiger partial charge in [0, 0.05) is 27.9 Å². The third-order valence-corrected chi connectivity index (χ3v) is 5.39. The van der Waals surface area contributed by atoms with Gasteiger partial charge in [-0.05, 0) is 65.8 Å². The Morgan fingerprint density at radius 2 is 1.71 bits per heavy atom. The average Bonchev–Trinajstić information content (AvgIpc) is 3.05. The van der Waals surface area contributed by atoms with Gasteiger partial charge in [0.2, 0.25) is 0 Å². The molecule has 0 atom stereocenters. The second kappa shape index (κ2) is 6.16. The van der Waals surface area contributed by atoms with Crippen molar-refractivity contribution in [1.82, 2.24) is 4.98 Å². The Hall–Kier alpha value is -3.20. The van der Waals surface area contributed by atoms with E-state index in [1.54, 1.807) is 12.3 Å². The van der Waals surface area contributed by atoms with Gasteiger partial charge < -0.3 is 4.42 Å². The molecule has 0 aliphatic carbocycles. The zero-order chi connectivity index (χ0) is 19.4. The number of pyridine rings is 1. The summed E-state index contributed by atoms with van der Waals surface area (Å²) in [7, 11) is 0. The average molecular weight is 369 g/mol. The van der Waals surface area contributed by atoms with Gasteiger partial charge >= 0.3 is 0 Å². The van der Waals surface area contributed by atoms with E-state index in [9.17, 15) is 4.39 Å². The van der Waals surface area contributed by atoms with Crippen LogP contribution in [0.4, 0.5) is 4.39 Å². The topological polar surface area (TPSA) is 26.0 Å². The first kappa shape index (κ1) is 16.9. The molecule has 0 fully saturated rings. The molecule has 2 heterocycles. The highest BCUT2D eigenvalue weighted by Gasteiger charge is 2.18. The van der Waals surface area contributed by atoms with Gasteiger partial charge in [-0.3, -0.25) is 4.98 Å². The summed E-state index contributed by atoms with van der Waals surface area (Å²) in [5, 5.41) is 4.03. The monoisotopic (exact) mass is 369 g/mol. The molecule has 0 aliphatic heterocycles. The number of nitrogens with zero attached hydrogens (tertiary/aromatic N) is 1. The van der Waals surface area contributed by atoms with E-state index >= 15 is 0 Å². The van der Waals surface area contributed by atoms with Gasteiger partial charge in [0.15, 0.2) is 0 Å². The minimum atomic E-state index is -0.169. The van der Waals surface area contributed by atoms with Crippen LogP contribution in [0.3, 0.4) is 0 Å². The van der Waals surface area contributed by atoms with Crippen molar-refractivity contribution >= 4 is 32.7 Å². The van der Waals surface area contributed by atoms with E-state index in [0.29, 0.717) is 0 Å². The Bertz CT molecular complexity index is 1360. The van der Waals surface area contributed by atoms with Crippen LogP contribution in [0.2, 0.25) is 0 Å². The highest BCUT2D eigenvalue weighted by Crippen LogP contribution is 2.39. The van der Waals surface area contributed by atoms with Gasteiger partial charge in [0.25, 0.3) is 0 Å². The Labute approximate surface area is 162 Å². The van der Waals surface area contributed by atoms with Gasteiger partial charge in [0.05, 0.1) is 5.69 Å². The number of halogens is 1. The van der Waals surface area contributed by atoms with Crippen LogP contribution < -0.4 is 0 Å². The van der Waals surface area contributed by atoms with Crippen LogP contribution in [0.1, 0.15) is 30.9 Å². The van der Waals surface area contributed by atoms with Crippen LogP contribution in [0.25, 0.3) is 44.0 Å². The maximum atomic E-state index is 14.5. The van der Waals surface area contributed by atoms with Gasteiger partial charge in [0.1, 0.15) is 17.0 Å². The maximum absolute atomic E-state index is 14.5. The molecular weight excluding hydrogens is 349 g/mol.